The number of rotatable bonds is 4. The fraction of sp³-hybridized carbons (Fsp3) is 0.348. The second-order valence-electron chi connectivity index (χ2n) is 7.75. The first kappa shape index (κ1) is 18.1. The zero-order valence-electron chi connectivity index (χ0n) is 16.6. The predicted octanol–water partition coefficient (Wildman–Crippen LogP) is 4.28. The first-order valence-corrected chi connectivity index (χ1v) is 10.1. The molecular weight excluding hydrogens is 368 g/mol. The first-order chi connectivity index (χ1) is 14.1. The van der Waals surface area contributed by atoms with Gasteiger partial charge < -0.3 is 19.6 Å². The van der Waals surface area contributed by atoms with E-state index in [1.165, 1.54) is 5.56 Å². The van der Waals surface area contributed by atoms with Crippen LogP contribution in [0.5, 0.6) is 11.5 Å². The van der Waals surface area contributed by atoms with Crippen LogP contribution in [0.4, 0.5) is 0 Å². The summed E-state index contributed by atoms with van der Waals surface area (Å²) < 4.78 is 11.8. The summed E-state index contributed by atoms with van der Waals surface area (Å²) in [5, 5.41) is 10.7. The lowest BCUT2D eigenvalue weighted by Crippen LogP contribution is -2.40. The quantitative estimate of drug-likeness (QED) is 0.693. The van der Waals surface area contributed by atoms with Gasteiger partial charge in [0.05, 0.1) is 12.7 Å². The number of hydrogen-bond acceptors (Lipinski definition) is 4. The van der Waals surface area contributed by atoms with Crippen molar-refractivity contribution >= 4 is 16.9 Å². The van der Waals surface area contributed by atoms with Gasteiger partial charge in [0, 0.05) is 40.8 Å². The number of nitrogens with one attached hydrogen (secondary N) is 1. The SMILES string of the molecule is CCCc1[nH]c2ccc3c(c2c1C(=O)O)CN1CCc2cc(OC)ccc2C1O3. The maximum absolute atomic E-state index is 12.1. The number of aromatic nitrogens is 1. The van der Waals surface area contributed by atoms with Crippen molar-refractivity contribution in [2.24, 2.45) is 0 Å². The molecule has 6 heteroatoms. The number of carboxylic acids is 1. The number of nitrogens with zero attached hydrogens (tertiary/aromatic N) is 1. The van der Waals surface area contributed by atoms with Crippen LogP contribution in [0.2, 0.25) is 0 Å². The van der Waals surface area contributed by atoms with Gasteiger partial charge in [-0.05, 0) is 48.7 Å². The molecule has 5 rings (SSSR count). The van der Waals surface area contributed by atoms with E-state index in [1.807, 2.05) is 18.2 Å². The summed E-state index contributed by atoms with van der Waals surface area (Å²) in [6.07, 6.45) is 2.36. The summed E-state index contributed by atoms with van der Waals surface area (Å²) in [6.45, 7) is 3.59. The zero-order valence-corrected chi connectivity index (χ0v) is 16.6. The molecule has 150 valence electrons. The minimum absolute atomic E-state index is 0.156. The fourth-order valence-electron chi connectivity index (χ4n) is 4.70. The van der Waals surface area contributed by atoms with Crippen LogP contribution < -0.4 is 9.47 Å². The maximum atomic E-state index is 12.1. The number of methoxy groups -OCH3 is 1. The number of carboxylic acid groups (broad SMARTS) is 1. The van der Waals surface area contributed by atoms with Gasteiger partial charge in [0.1, 0.15) is 11.5 Å². The molecule has 3 heterocycles. The fourth-order valence-corrected chi connectivity index (χ4v) is 4.70. The number of aromatic carboxylic acids is 1. The molecule has 3 aromatic rings. The standard InChI is InChI=1S/C23H24N2O4/c1-3-4-17-21(23(26)27)20-16-12-25-10-9-13-11-14(28-2)5-6-15(13)22(25)29-19(16)8-7-18(20)24-17/h5-8,11,22,24H,3-4,9-10,12H2,1-2H3,(H,26,27). The molecule has 0 aliphatic carbocycles. The number of aromatic amines is 1. The van der Waals surface area contributed by atoms with Crippen molar-refractivity contribution in [3.8, 4) is 11.5 Å². The molecule has 0 saturated carbocycles. The van der Waals surface area contributed by atoms with Gasteiger partial charge >= 0.3 is 5.97 Å². The van der Waals surface area contributed by atoms with Crippen LogP contribution >= 0.6 is 0 Å². The predicted molar refractivity (Wildman–Crippen MR) is 110 cm³/mol. The Morgan fingerprint density at radius 2 is 2.21 bits per heavy atom. The molecule has 2 aliphatic heterocycles. The van der Waals surface area contributed by atoms with E-state index in [2.05, 4.69) is 28.9 Å². The molecular formula is C23H24N2O4. The largest absolute Gasteiger partial charge is 0.497 e. The molecule has 1 unspecified atom stereocenters. The van der Waals surface area contributed by atoms with Crippen LogP contribution in [-0.4, -0.2) is 34.6 Å². The van der Waals surface area contributed by atoms with Gasteiger partial charge in [-0.15, -0.1) is 0 Å². The van der Waals surface area contributed by atoms with Crippen LogP contribution in [0.1, 0.15) is 52.3 Å². The summed E-state index contributed by atoms with van der Waals surface area (Å²) >= 11 is 0. The topological polar surface area (TPSA) is 74.8 Å². The van der Waals surface area contributed by atoms with E-state index in [1.54, 1.807) is 7.11 Å². The third-order valence-electron chi connectivity index (χ3n) is 6.04. The number of aryl methyl sites for hydroxylation is 1. The van der Waals surface area contributed by atoms with E-state index in [0.717, 1.165) is 58.6 Å². The Bertz CT molecular complexity index is 1120. The molecule has 6 nitrogen and oxygen atoms in total. The maximum Gasteiger partial charge on any atom is 0.338 e. The summed E-state index contributed by atoms with van der Waals surface area (Å²) in [6, 6.07) is 10.0. The number of H-pyrrole nitrogens is 1. The third-order valence-corrected chi connectivity index (χ3v) is 6.04. The lowest BCUT2D eigenvalue weighted by Gasteiger charge is -2.41. The van der Waals surface area contributed by atoms with E-state index in [9.17, 15) is 9.90 Å². The average Bonchev–Trinajstić information content (AvgIpc) is 3.11. The van der Waals surface area contributed by atoms with Crippen molar-refractivity contribution in [3.63, 3.8) is 0 Å². The van der Waals surface area contributed by atoms with Crippen LogP contribution in [0.3, 0.4) is 0 Å². The van der Waals surface area contributed by atoms with Crippen molar-refractivity contribution in [1.82, 2.24) is 9.88 Å². The molecule has 1 aromatic heterocycles. The summed E-state index contributed by atoms with van der Waals surface area (Å²) in [7, 11) is 1.68. The Balaban J connectivity index is 1.62. The minimum atomic E-state index is -0.883. The second kappa shape index (κ2) is 6.81. The number of benzene rings is 2. The highest BCUT2D eigenvalue weighted by Gasteiger charge is 2.35. The van der Waals surface area contributed by atoms with E-state index < -0.39 is 5.97 Å². The molecule has 0 bridgehead atoms. The van der Waals surface area contributed by atoms with Gasteiger partial charge in [-0.2, -0.15) is 0 Å². The Kier molecular flexibility index (Phi) is 4.24. The van der Waals surface area contributed by atoms with E-state index >= 15 is 0 Å². The van der Waals surface area contributed by atoms with E-state index in [4.69, 9.17) is 9.47 Å². The highest BCUT2D eigenvalue weighted by atomic mass is 16.5. The molecule has 0 radical (unpaired) electrons. The molecule has 1 atom stereocenters. The molecule has 0 spiro atoms. The molecule has 0 saturated heterocycles. The van der Waals surface area contributed by atoms with Gasteiger partial charge in [-0.25, -0.2) is 4.79 Å². The Morgan fingerprint density at radius 3 is 2.97 bits per heavy atom. The Hall–Kier alpha value is -2.99. The van der Waals surface area contributed by atoms with E-state index in [-0.39, 0.29) is 6.23 Å². The normalized spacial score (nSPS) is 17.9. The first-order valence-electron chi connectivity index (χ1n) is 10.1. The third kappa shape index (κ3) is 2.78. The lowest BCUT2D eigenvalue weighted by atomic mass is 9.94. The van der Waals surface area contributed by atoms with Gasteiger partial charge in [0.25, 0.3) is 0 Å². The van der Waals surface area contributed by atoms with Gasteiger partial charge in [0.15, 0.2) is 6.23 Å². The lowest BCUT2D eigenvalue weighted by molar-refractivity contribution is -0.00959. The summed E-state index contributed by atoms with van der Waals surface area (Å²) in [5.74, 6) is 0.746. The van der Waals surface area contributed by atoms with Crippen molar-refractivity contribution in [1.29, 1.82) is 0 Å². The van der Waals surface area contributed by atoms with Crippen LogP contribution in [0.15, 0.2) is 30.3 Å². The van der Waals surface area contributed by atoms with Crippen molar-refractivity contribution in [3.05, 3.63) is 58.3 Å². The molecule has 2 aromatic carbocycles. The van der Waals surface area contributed by atoms with Gasteiger partial charge in [0.2, 0.25) is 0 Å². The molecule has 0 fully saturated rings. The second-order valence-corrected chi connectivity index (χ2v) is 7.75. The van der Waals surface area contributed by atoms with Crippen LogP contribution in [0, 0.1) is 0 Å². The zero-order chi connectivity index (χ0) is 20.1. The van der Waals surface area contributed by atoms with Crippen LogP contribution in [-0.2, 0) is 19.4 Å². The number of fused-ring (bicyclic) bond motifs is 6. The monoisotopic (exact) mass is 392 g/mol. The highest BCUT2D eigenvalue weighted by molar-refractivity contribution is 6.07. The highest BCUT2D eigenvalue weighted by Crippen LogP contribution is 2.43. The van der Waals surface area contributed by atoms with Crippen molar-refractivity contribution in [2.75, 3.05) is 13.7 Å². The molecule has 29 heavy (non-hydrogen) atoms. The number of hydrogen-bond donors (Lipinski definition) is 2. The molecule has 2 aliphatic rings. The van der Waals surface area contributed by atoms with E-state index in [0.29, 0.717) is 18.5 Å². The Labute approximate surface area is 169 Å². The number of carbonyl (C=O) groups is 1. The van der Waals surface area contributed by atoms with Crippen molar-refractivity contribution in [2.45, 2.75) is 39.0 Å². The average molecular weight is 392 g/mol. The molecule has 2 N–H and O–H groups in total. The number of ether oxygens (including phenoxy) is 2. The smallest absolute Gasteiger partial charge is 0.338 e. The summed E-state index contributed by atoms with van der Waals surface area (Å²) in [5.41, 5.74) is 5.42. The Morgan fingerprint density at radius 1 is 1.34 bits per heavy atom. The molecule has 0 amide bonds. The minimum Gasteiger partial charge on any atom is -0.497 e. The summed E-state index contributed by atoms with van der Waals surface area (Å²) in [4.78, 5) is 17.7. The van der Waals surface area contributed by atoms with Crippen molar-refractivity contribution < 1.29 is 19.4 Å². The van der Waals surface area contributed by atoms with Gasteiger partial charge in [-0.1, -0.05) is 13.3 Å². The van der Waals surface area contributed by atoms with Crippen LogP contribution in [0.25, 0.3) is 10.9 Å². The van der Waals surface area contributed by atoms with Gasteiger partial charge in [-0.3, -0.25) is 4.90 Å².